The lowest BCUT2D eigenvalue weighted by Gasteiger charge is -2.52. The molecule has 2 atom stereocenters. The van der Waals surface area contributed by atoms with E-state index in [0.717, 1.165) is 18.7 Å². The highest BCUT2D eigenvalue weighted by molar-refractivity contribution is 5.77. The molecular formula is C22H23F2N5O2. The molecule has 7 nitrogen and oxygen atoms in total. The van der Waals surface area contributed by atoms with E-state index in [1.807, 2.05) is 6.07 Å². The summed E-state index contributed by atoms with van der Waals surface area (Å²) in [6, 6.07) is 8.12. The maximum absolute atomic E-state index is 14.6. The zero-order valence-corrected chi connectivity index (χ0v) is 17.2. The van der Waals surface area contributed by atoms with E-state index in [0.29, 0.717) is 18.7 Å². The van der Waals surface area contributed by atoms with Crippen LogP contribution >= 0.6 is 0 Å². The summed E-state index contributed by atoms with van der Waals surface area (Å²) in [5.41, 5.74) is 0.292. The molecule has 3 fully saturated rings. The molecule has 5 heterocycles. The summed E-state index contributed by atoms with van der Waals surface area (Å²) in [7, 11) is 1.37. The molecule has 0 aromatic carbocycles. The number of rotatable bonds is 6. The third-order valence-corrected chi connectivity index (χ3v) is 6.04. The molecule has 1 amide bonds. The molecule has 0 radical (unpaired) electrons. The number of fused-ring (bicyclic) bond motifs is 3. The number of pyridine rings is 2. The number of anilines is 1. The van der Waals surface area contributed by atoms with Crippen molar-refractivity contribution in [3.05, 3.63) is 47.8 Å². The van der Waals surface area contributed by atoms with Crippen molar-refractivity contribution >= 4 is 11.7 Å². The molecule has 3 saturated heterocycles. The first-order valence-electron chi connectivity index (χ1n) is 10.2. The van der Waals surface area contributed by atoms with Gasteiger partial charge in [0.05, 0.1) is 12.7 Å². The lowest BCUT2D eigenvalue weighted by atomic mass is 9.90. The van der Waals surface area contributed by atoms with E-state index in [1.165, 1.54) is 31.6 Å². The zero-order chi connectivity index (χ0) is 22.0. The Balaban J connectivity index is 1.38. The molecule has 2 aromatic rings. The Bertz CT molecular complexity index is 992. The molecule has 3 aliphatic heterocycles. The van der Waals surface area contributed by atoms with Crippen molar-refractivity contribution in [1.29, 1.82) is 5.26 Å². The largest absolute Gasteiger partial charge is 0.481 e. The van der Waals surface area contributed by atoms with Gasteiger partial charge in [0.15, 0.2) is 0 Å². The van der Waals surface area contributed by atoms with Crippen molar-refractivity contribution in [2.75, 3.05) is 25.1 Å². The number of ether oxygens (including phenoxy) is 1. The highest BCUT2D eigenvalue weighted by atomic mass is 19.3. The van der Waals surface area contributed by atoms with E-state index < -0.39 is 12.3 Å². The molecule has 2 bridgehead atoms. The second kappa shape index (κ2) is 8.46. The number of aromatic nitrogens is 2. The van der Waals surface area contributed by atoms with Gasteiger partial charge in [-0.15, -0.1) is 0 Å². The molecule has 3 aliphatic rings. The zero-order valence-electron chi connectivity index (χ0n) is 17.2. The Morgan fingerprint density at radius 2 is 2.06 bits per heavy atom. The molecule has 0 saturated carbocycles. The van der Waals surface area contributed by atoms with Crippen LogP contribution in [0.3, 0.4) is 0 Å². The number of amides is 1. The van der Waals surface area contributed by atoms with Crippen LogP contribution in [0.4, 0.5) is 14.6 Å². The number of piperazine rings is 1. The fourth-order valence-corrected chi connectivity index (χ4v) is 4.34. The first-order chi connectivity index (χ1) is 14.9. The fraction of sp³-hybridized carbons (Fsp3) is 0.455. The summed E-state index contributed by atoms with van der Waals surface area (Å²) >= 11 is 0. The van der Waals surface area contributed by atoms with Crippen molar-refractivity contribution in [2.45, 2.75) is 43.7 Å². The van der Waals surface area contributed by atoms with Crippen LogP contribution in [0.25, 0.3) is 0 Å². The molecule has 0 N–H and O–H groups in total. The van der Waals surface area contributed by atoms with Gasteiger partial charge in [-0.25, -0.2) is 18.7 Å². The van der Waals surface area contributed by atoms with Crippen molar-refractivity contribution in [3.63, 3.8) is 0 Å². The van der Waals surface area contributed by atoms with Crippen LogP contribution < -0.4 is 9.64 Å². The van der Waals surface area contributed by atoms with Gasteiger partial charge in [0.25, 0.3) is 5.92 Å². The quantitative estimate of drug-likeness (QED) is 0.705. The number of hydrogen-bond donors (Lipinski definition) is 0. The van der Waals surface area contributed by atoms with Crippen molar-refractivity contribution in [3.8, 4) is 11.9 Å². The standard InChI is InChI=1S/C22H23F2N5O2/c1-31-20-10-16(7-9-26-20)22(23,24)8-6-21(30)29-14-17-3-4-18(29)13-28(17)19-5-2-15(11-25)12-27-19/h2,5,7,9-10,12,17-18H,3-4,6,8,13-14H2,1H3/t17-,18-/m0/s1. The average Bonchev–Trinajstić information content (AvgIpc) is 2.83. The van der Waals surface area contributed by atoms with Gasteiger partial charge in [0.2, 0.25) is 11.8 Å². The van der Waals surface area contributed by atoms with Crippen molar-refractivity contribution < 1.29 is 18.3 Å². The molecule has 9 heteroatoms. The molecule has 0 unspecified atom stereocenters. The summed E-state index contributed by atoms with van der Waals surface area (Å²) in [5.74, 6) is -2.49. The van der Waals surface area contributed by atoms with Crippen molar-refractivity contribution in [2.24, 2.45) is 0 Å². The summed E-state index contributed by atoms with van der Waals surface area (Å²) in [6.07, 6.45) is 3.80. The van der Waals surface area contributed by atoms with E-state index in [9.17, 15) is 13.6 Å². The lowest BCUT2D eigenvalue weighted by Crippen LogP contribution is -2.64. The number of methoxy groups -OCH3 is 1. The average molecular weight is 427 g/mol. The minimum Gasteiger partial charge on any atom is -0.481 e. The van der Waals surface area contributed by atoms with Gasteiger partial charge in [-0.1, -0.05) is 0 Å². The summed E-state index contributed by atoms with van der Waals surface area (Å²) in [4.78, 5) is 24.9. The van der Waals surface area contributed by atoms with Gasteiger partial charge < -0.3 is 14.5 Å². The number of carbonyl (C=O) groups is 1. The minimum absolute atomic E-state index is 0.0235. The smallest absolute Gasteiger partial charge is 0.274 e. The highest BCUT2D eigenvalue weighted by Gasteiger charge is 2.42. The Labute approximate surface area is 179 Å². The number of halogens is 2. The first-order valence-corrected chi connectivity index (χ1v) is 10.2. The van der Waals surface area contributed by atoms with Crippen LogP contribution in [0.2, 0.25) is 0 Å². The molecule has 0 aliphatic carbocycles. The van der Waals surface area contributed by atoms with E-state index in [4.69, 9.17) is 10.00 Å². The van der Waals surface area contributed by atoms with Gasteiger partial charge in [-0.3, -0.25) is 4.79 Å². The first kappa shape index (κ1) is 21.0. The minimum atomic E-state index is -3.14. The molecule has 5 rings (SSSR count). The molecule has 0 spiro atoms. The molecule has 162 valence electrons. The third-order valence-electron chi connectivity index (χ3n) is 6.04. The van der Waals surface area contributed by atoms with Crippen LogP contribution in [0.15, 0.2) is 36.7 Å². The van der Waals surface area contributed by atoms with Crippen LogP contribution in [0, 0.1) is 11.3 Å². The van der Waals surface area contributed by atoms with E-state index in [2.05, 4.69) is 20.9 Å². The van der Waals surface area contributed by atoms with Crippen LogP contribution in [-0.2, 0) is 10.7 Å². The maximum atomic E-state index is 14.6. The highest BCUT2D eigenvalue weighted by Crippen LogP contribution is 2.36. The Kier molecular flexibility index (Phi) is 5.72. The number of hydrogen-bond acceptors (Lipinski definition) is 6. The van der Waals surface area contributed by atoms with Gasteiger partial charge in [0.1, 0.15) is 11.9 Å². The predicted octanol–water partition coefficient (Wildman–Crippen LogP) is 3.11. The SMILES string of the molecule is COc1cc(C(F)(F)CCC(=O)N2C[C@@H]3CC[C@H]2CN3c2ccc(C#N)cn2)ccn1. The molecule has 31 heavy (non-hydrogen) atoms. The summed E-state index contributed by atoms with van der Waals surface area (Å²) < 4.78 is 34.2. The monoisotopic (exact) mass is 427 g/mol. The van der Waals surface area contributed by atoms with E-state index in [-0.39, 0.29) is 35.9 Å². The number of carbonyl (C=O) groups excluding carboxylic acids is 1. The second-order valence-electron chi connectivity index (χ2n) is 7.89. The second-order valence-corrected chi connectivity index (χ2v) is 7.89. The van der Waals surface area contributed by atoms with Gasteiger partial charge in [0, 0.05) is 62.0 Å². The van der Waals surface area contributed by atoms with Gasteiger partial charge >= 0.3 is 0 Å². The Morgan fingerprint density at radius 1 is 1.26 bits per heavy atom. The number of alkyl halides is 2. The predicted molar refractivity (Wildman–Crippen MR) is 109 cm³/mol. The number of nitriles is 1. The van der Waals surface area contributed by atoms with Gasteiger partial charge in [-0.2, -0.15) is 5.26 Å². The molecule has 2 aromatic heterocycles. The summed E-state index contributed by atoms with van der Waals surface area (Å²) in [6.45, 7) is 1.12. The van der Waals surface area contributed by atoms with Crippen molar-refractivity contribution in [1.82, 2.24) is 14.9 Å². The van der Waals surface area contributed by atoms with Crippen LogP contribution in [0.5, 0.6) is 5.88 Å². The number of piperidine rings is 2. The Hall–Kier alpha value is -3.28. The number of nitrogens with zero attached hydrogens (tertiary/aromatic N) is 5. The third kappa shape index (κ3) is 4.29. The topological polar surface area (TPSA) is 82.4 Å². The Morgan fingerprint density at radius 3 is 2.71 bits per heavy atom. The van der Waals surface area contributed by atoms with E-state index in [1.54, 1.807) is 11.0 Å². The van der Waals surface area contributed by atoms with Gasteiger partial charge in [-0.05, 0) is 31.0 Å². The van der Waals surface area contributed by atoms with E-state index >= 15 is 0 Å². The fourth-order valence-electron chi connectivity index (χ4n) is 4.34. The summed E-state index contributed by atoms with van der Waals surface area (Å²) in [5, 5.41) is 8.94. The lowest BCUT2D eigenvalue weighted by molar-refractivity contribution is -0.138. The van der Waals surface area contributed by atoms with Crippen LogP contribution in [0.1, 0.15) is 36.8 Å². The molecular weight excluding hydrogens is 404 g/mol. The maximum Gasteiger partial charge on any atom is 0.274 e. The normalized spacial score (nSPS) is 20.5. The van der Waals surface area contributed by atoms with Crippen LogP contribution in [-0.4, -0.2) is 53.1 Å².